The van der Waals surface area contributed by atoms with Gasteiger partial charge >= 0.3 is 6.09 Å². The van der Waals surface area contributed by atoms with Crippen LogP contribution in [0.5, 0.6) is 0 Å². The minimum atomic E-state index is -0.399. The van der Waals surface area contributed by atoms with Gasteiger partial charge in [-0.2, -0.15) is 0 Å². The van der Waals surface area contributed by atoms with Crippen molar-refractivity contribution in [2.45, 2.75) is 33.1 Å². The molecule has 0 aliphatic rings. The van der Waals surface area contributed by atoms with Gasteiger partial charge in [0.1, 0.15) is 0 Å². The van der Waals surface area contributed by atoms with Crippen molar-refractivity contribution in [3.05, 3.63) is 24.8 Å². The molecule has 1 N–H and O–H groups in total. The van der Waals surface area contributed by atoms with Gasteiger partial charge in [-0.25, -0.2) is 9.80 Å². The molecule has 17 heavy (non-hydrogen) atoms. The van der Waals surface area contributed by atoms with Crippen LogP contribution in [0.2, 0.25) is 0 Å². The van der Waals surface area contributed by atoms with Gasteiger partial charge in [-0.15, -0.1) is 6.58 Å². The normalized spacial score (nSPS) is 10.1. The lowest BCUT2D eigenvalue weighted by atomic mass is 10.3. The Morgan fingerprint density at radius 3 is 2.76 bits per heavy atom. The molecule has 0 heterocycles. The van der Waals surface area contributed by atoms with Crippen LogP contribution in [0.3, 0.4) is 0 Å². The number of carbonyl (C=O) groups excluding carboxylic acids is 1. The third kappa shape index (κ3) is 9.63. The minimum absolute atomic E-state index is 0.399. The van der Waals surface area contributed by atoms with E-state index in [1.165, 1.54) is 0 Å². The highest BCUT2D eigenvalue weighted by molar-refractivity contribution is 5.66. The fourth-order valence-electron chi connectivity index (χ4n) is 1.22. The number of hydrogen-bond donors (Lipinski definition) is 1. The lowest BCUT2D eigenvalue weighted by Gasteiger charge is -2.22. The lowest BCUT2D eigenvalue weighted by Crippen LogP contribution is -2.43. The Hall–Kier alpha value is -1.29. The molecular formula is C13H24N2O2. The van der Waals surface area contributed by atoms with Crippen LogP contribution in [0.15, 0.2) is 24.8 Å². The van der Waals surface area contributed by atoms with E-state index in [-0.39, 0.29) is 0 Å². The number of ether oxygens (including phenoxy) is 1. The zero-order valence-electron chi connectivity index (χ0n) is 11.0. The van der Waals surface area contributed by atoms with Crippen molar-refractivity contribution in [2.24, 2.45) is 0 Å². The molecule has 98 valence electrons. The van der Waals surface area contributed by atoms with Crippen LogP contribution < -0.4 is 5.43 Å². The van der Waals surface area contributed by atoms with Crippen molar-refractivity contribution in [1.29, 1.82) is 0 Å². The van der Waals surface area contributed by atoms with Gasteiger partial charge in [0.2, 0.25) is 0 Å². The van der Waals surface area contributed by atoms with Crippen LogP contribution in [-0.4, -0.2) is 30.8 Å². The van der Waals surface area contributed by atoms with Crippen LogP contribution in [0.1, 0.15) is 33.1 Å². The summed E-state index contributed by atoms with van der Waals surface area (Å²) in [6.45, 7) is 13.3. The third-order valence-electron chi connectivity index (χ3n) is 2.04. The van der Waals surface area contributed by atoms with Gasteiger partial charge < -0.3 is 4.74 Å². The van der Waals surface area contributed by atoms with E-state index >= 15 is 0 Å². The maximum atomic E-state index is 11.4. The van der Waals surface area contributed by atoms with Crippen molar-refractivity contribution >= 4 is 6.09 Å². The van der Waals surface area contributed by atoms with Gasteiger partial charge in [-0.3, -0.25) is 5.43 Å². The molecule has 0 unspecified atom stereocenters. The molecule has 4 nitrogen and oxygen atoms in total. The maximum absolute atomic E-state index is 11.4. The fraction of sp³-hybridized carbons (Fsp3) is 0.615. The van der Waals surface area contributed by atoms with Crippen molar-refractivity contribution in [1.82, 2.24) is 10.4 Å². The third-order valence-corrected chi connectivity index (χ3v) is 2.04. The fourth-order valence-corrected chi connectivity index (χ4v) is 1.22. The number of hydrazine groups is 1. The Labute approximate surface area is 104 Å². The standard InChI is InChI=1S/C13H24N2O2/c1-5-7-9-15(11-12(3)4)14-13(16)17-10-8-6-2/h5H,1,3,6-11H2,2,4H3,(H,14,16). The van der Waals surface area contributed by atoms with E-state index in [0.717, 1.165) is 24.8 Å². The SMILES string of the molecule is C=CCCN(CC(=C)C)NC(=O)OCCCC. The first-order chi connectivity index (χ1) is 8.10. The Kier molecular flexibility index (Phi) is 9.15. The molecule has 0 rings (SSSR count). The summed E-state index contributed by atoms with van der Waals surface area (Å²) in [5, 5.41) is 1.79. The summed E-state index contributed by atoms with van der Waals surface area (Å²) in [4.78, 5) is 11.4. The van der Waals surface area contributed by atoms with Gasteiger partial charge in [0, 0.05) is 13.1 Å². The summed E-state index contributed by atoms with van der Waals surface area (Å²) in [5.74, 6) is 0. The molecule has 0 bridgehead atoms. The molecular weight excluding hydrogens is 216 g/mol. The second-order valence-corrected chi connectivity index (χ2v) is 4.06. The van der Waals surface area contributed by atoms with E-state index in [2.05, 4.69) is 25.5 Å². The number of amides is 1. The molecule has 0 radical (unpaired) electrons. The van der Waals surface area contributed by atoms with Gasteiger partial charge in [0.15, 0.2) is 0 Å². The Morgan fingerprint density at radius 2 is 2.24 bits per heavy atom. The molecule has 0 spiro atoms. The maximum Gasteiger partial charge on any atom is 0.421 e. The summed E-state index contributed by atoms with van der Waals surface area (Å²) in [6.07, 6.45) is 4.13. The van der Waals surface area contributed by atoms with Crippen molar-refractivity contribution in [2.75, 3.05) is 19.7 Å². The summed E-state index contributed by atoms with van der Waals surface area (Å²) >= 11 is 0. The number of nitrogens with one attached hydrogen (secondary N) is 1. The summed E-state index contributed by atoms with van der Waals surface area (Å²) in [7, 11) is 0. The van der Waals surface area contributed by atoms with Crippen molar-refractivity contribution in [3.8, 4) is 0 Å². The topological polar surface area (TPSA) is 41.6 Å². The average molecular weight is 240 g/mol. The molecule has 0 atom stereocenters. The number of rotatable bonds is 9. The molecule has 0 aromatic rings. The summed E-state index contributed by atoms with van der Waals surface area (Å²) in [5.41, 5.74) is 3.69. The molecule has 1 amide bonds. The second-order valence-electron chi connectivity index (χ2n) is 4.06. The van der Waals surface area contributed by atoms with Crippen LogP contribution in [-0.2, 0) is 4.74 Å². The smallest absolute Gasteiger partial charge is 0.421 e. The molecule has 0 fully saturated rings. The highest BCUT2D eigenvalue weighted by Gasteiger charge is 2.09. The second kappa shape index (κ2) is 9.90. The first kappa shape index (κ1) is 15.7. The van der Waals surface area contributed by atoms with E-state index in [9.17, 15) is 4.79 Å². The first-order valence-electron chi connectivity index (χ1n) is 6.03. The average Bonchev–Trinajstić information content (AvgIpc) is 2.25. The van der Waals surface area contributed by atoms with Crippen LogP contribution in [0.25, 0.3) is 0 Å². The van der Waals surface area contributed by atoms with E-state index in [0.29, 0.717) is 19.7 Å². The predicted molar refractivity (Wildman–Crippen MR) is 70.6 cm³/mol. The van der Waals surface area contributed by atoms with Crippen LogP contribution in [0, 0.1) is 0 Å². The zero-order valence-corrected chi connectivity index (χ0v) is 11.0. The quantitative estimate of drug-likeness (QED) is 0.383. The van der Waals surface area contributed by atoms with Crippen LogP contribution in [0.4, 0.5) is 4.79 Å². The largest absolute Gasteiger partial charge is 0.449 e. The van der Waals surface area contributed by atoms with Crippen LogP contribution >= 0.6 is 0 Å². The molecule has 0 saturated heterocycles. The highest BCUT2D eigenvalue weighted by atomic mass is 16.6. The monoisotopic (exact) mass is 240 g/mol. The zero-order chi connectivity index (χ0) is 13.1. The Bertz CT molecular complexity index is 252. The van der Waals surface area contributed by atoms with E-state index in [1.54, 1.807) is 5.01 Å². The van der Waals surface area contributed by atoms with Crippen molar-refractivity contribution in [3.63, 3.8) is 0 Å². The summed E-state index contributed by atoms with van der Waals surface area (Å²) < 4.78 is 5.03. The van der Waals surface area contributed by atoms with Crippen molar-refractivity contribution < 1.29 is 9.53 Å². The lowest BCUT2D eigenvalue weighted by molar-refractivity contribution is 0.108. The minimum Gasteiger partial charge on any atom is -0.449 e. The molecule has 0 aliphatic carbocycles. The predicted octanol–water partition coefficient (Wildman–Crippen LogP) is 2.88. The number of hydrogen-bond acceptors (Lipinski definition) is 3. The molecule has 4 heteroatoms. The molecule has 0 aromatic heterocycles. The van der Waals surface area contributed by atoms with Gasteiger partial charge in [0.05, 0.1) is 6.61 Å². The molecule has 0 aromatic carbocycles. The van der Waals surface area contributed by atoms with Gasteiger partial charge in [-0.05, 0) is 19.8 Å². The summed E-state index contributed by atoms with van der Waals surface area (Å²) in [6, 6.07) is 0. The first-order valence-corrected chi connectivity index (χ1v) is 6.03. The molecule has 0 aliphatic heterocycles. The Balaban J connectivity index is 3.98. The molecule has 0 saturated carbocycles. The van der Waals surface area contributed by atoms with Gasteiger partial charge in [0.25, 0.3) is 0 Å². The van der Waals surface area contributed by atoms with E-state index in [4.69, 9.17) is 4.74 Å². The van der Waals surface area contributed by atoms with E-state index < -0.39 is 6.09 Å². The number of carbonyl (C=O) groups is 1. The number of nitrogens with zero attached hydrogens (tertiary/aromatic N) is 1. The highest BCUT2D eigenvalue weighted by Crippen LogP contribution is 1.96. The Morgan fingerprint density at radius 1 is 1.53 bits per heavy atom. The number of unbranched alkanes of at least 4 members (excludes halogenated alkanes) is 1. The van der Waals surface area contributed by atoms with Gasteiger partial charge in [-0.1, -0.05) is 31.6 Å². The van der Waals surface area contributed by atoms with E-state index in [1.807, 2.05) is 13.0 Å².